The van der Waals surface area contributed by atoms with Crippen LogP contribution in [0.15, 0.2) is 39.6 Å². The van der Waals surface area contributed by atoms with Crippen molar-refractivity contribution in [1.29, 1.82) is 0 Å². The molecule has 0 amide bonds. The number of hydrogen-bond acceptors (Lipinski definition) is 5. The normalized spacial score (nSPS) is 11.8. The summed E-state index contributed by atoms with van der Waals surface area (Å²) in [6.45, 7) is 3.35. The Morgan fingerprint density at radius 1 is 1.09 bits per heavy atom. The van der Waals surface area contributed by atoms with Crippen LogP contribution in [0.4, 0.5) is 0 Å². The molecule has 0 aliphatic rings. The highest BCUT2D eigenvalue weighted by Crippen LogP contribution is 2.34. The number of rotatable bonds is 3. The van der Waals surface area contributed by atoms with Gasteiger partial charge in [0.05, 0.1) is 0 Å². The van der Waals surface area contributed by atoms with E-state index < -0.39 is 9.05 Å². The second-order valence-corrected chi connectivity index (χ2v) is 7.67. The summed E-state index contributed by atoms with van der Waals surface area (Å²) in [6.07, 6.45) is 0. The minimum Gasteiger partial charge on any atom is -0.415 e. The van der Waals surface area contributed by atoms with Crippen LogP contribution in [0, 0.1) is 13.8 Å². The van der Waals surface area contributed by atoms with Crippen LogP contribution in [0.25, 0.3) is 23.0 Å². The fourth-order valence-electron chi connectivity index (χ4n) is 2.63. The van der Waals surface area contributed by atoms with Gasteiger partial charge in [-0.05, 0) is 26.0 Å². The van der Waals surface area contributed by atoms with E-state index in [1.165, 1.54) is 0 Å². The molecule has 2 aromatic heterocycles. The molecule has 6 nitrogen and oxygen atoms in total. The number of aromatic nitrogens is 3. The van der Waals surface area contributed by atoms with Gasteiger partial charge in [-0.15, -0.1) is 10.2 Å². The lowest BCUT2D eigenvalue weighted by atomic mass is 10.2. The first-order valence-corrected chi connectivity index (χ1v) is 9.11. The highest BCUT2D eigenvalue weighted by molar-refractivity contribution is 8.13. The van der Waals surface area contributed by atoms with E-state index in [0.717, 1.165) is 5.56 Å². The Hall–Kier alpha value is -2.12. The Balaban J connectivity index is 2.16. The molecule has 0 aliphatic heterocycles. The number of hydrogen-bond donors (Lipinski definition) is 0. The first-order chi connectivity index (χ1) is 10.8. The van der Waals surface area contributed by atoms with E-state index in [-0.39, 0.29) is 10.8 Å². The number of benzene rings is 1. The Morgan fingerprint density at radius 2 is 1.70 bits per heavy atom. The maximum atomic E-state index is 11.8. The molecule has 0 bridgehead atoms. The molecule has 0 atom stereocenters. The van der Waals surface area contributed by atoms with Crippen molar-refractivity contribution in [2.24, 2.45) is 7.05 Å². The average Bonchev–Trinajstić information content (AvgIpc) is 3.04. The summed E-state index contributed by atoms with van der Waals surface area (Å²) < 4.78 is 31.0. The number of halogens is 1. The SMILES string of the molecule is Cc1c(S(=O)(=O)Cl)c(C)n(C)c1-c1nnc(-c2ccccc2)o1. The molecule has 2 heterocycles. The first kappa shape index (κ1) is 15.8. The van der Waals surface area contributed by atoms with E-state index >= 15 is 0 Å². The lowest BCUT2D eigenvalue weighted by molar-refractivity contribution is 0.577. The summed E-state index contributed by atoms with van der Waals surface area (Å²) in [5.74, 6) is 0.618. The molecule has 0 saturated carbocycles. The van der Waals surface area contributed by atoms with Crippen LogP contribution in [0.5, 0.6) is 0 Å². The van der Waals surface area contributed by atoms with Gasteiger partial charge in [-0.3, -0.25) is 0 Å². The van der Waals surface area contributed by atoms with Crippen LogP contribution >= 0.6 is 10.7 Å². The molecule has 0 N–H and O–H groups in total. The zero-order chi connectivity index (χ0) is 16.8. The van der Waals surface area contributed by atoms with Crippen molar-refractivity contribution in [2.75, 3.05) is 0 Å². The van der Waals surface area contributed by atoms with E-state index in [0.29, 0.717) is 22.8 Å². The summed E-state index contributed by atoms with van der Waals surface area (Å²) in [4.78, 5) is 0.0797. The zero-order valence-corrected chi connectivity index (χ0v) is 14.3. The van der Waals surface area contributed by atoms with Crippen molar-refractivity contribution in [3.05, 3.63) is 41.6 Å². The minimum atomic E-state index is -3.86. The molecular weight excluding hydrogens is 338 g/mol. The molecule has 120 valence electrons. The topological polar surface area (TPSA) is 78.0 Å². The first-order valence-electron chi connectivity index (χ1n) is 6.80. The standard InChI is InChI=1S/C15H14ClN3O3S/c1-9-12(19(3)10(2)13(9)23(16,20)21)15-18-17-14(22-15)11-7-5-4-6-8-11/h4-8H,1-3H3. The van der Waals surface area contributed by atoms with Gasteiger partial charge < -0.3 is 8.98 Å². The molecule has 0 radical (unpaired) electrons. The van der Waals surface area contributed by atoms with Crippen LogP contribution < -0.4 is 0 Å². The monoisotopic (exact) mass is 351 g/mol. The Labute approximate surface area is 138 Å². The minimum absolute atomic E-state index is 0.0797. The second kappa shape index (κ2) is 5.50. The molecular formula is C15H14ClN3O3S. The van der Waals surface area contributed by atoms with Crippen molar-refractivity contribution >= 4 is 19.7 Å². The maximum Gasteiger partial charge on any atom is 0.264 e. The van der Waals surface area contributed by atoms with Crippen LogP contribution in [0.1, 0.15) is 11.3 Å². The third-order valence-corrected chi connectivity index (χ3v) is 5.31. The quantitative estimate of drug-likeness (QED) is 0.676. The van der Waals surface area contributed by atoms with Crippen molar-refractivity contribution in [2.45, 2.75) is 18.7 Å². The predicted molar refractivity (Wildman–Crippen MR) is 86.7 cm³/mol. The lowest BCUT2D eigenvalue weighted by Gasteiger charge is -2.01. The van der Waals surface area contributed by atoms with Gasteiger partial charge in [-0.2, -0.15) is 0 Å². The molecule has 0 fully saturated rings. The van der Waals surface area contributed by atoms with E-state index in [9.17, 15) is 8.42 Å². The second-order valence-electron chi connectivity index (χ2n) is 5.16. The molecule has 0 saturated heterocycles. The Bertz CT molecular complexity index is 975. The van der Waals surface area contributed by atoms with E-state index in [1.807, 2.05) is 30.3 Å². The lowest BCUT2D eigenvalue weighted by Crippen LogP contribution is -1.97. The third-order valence-electron chi connectivity index (χ3n) is 3.76. The maximum absolute atomic E-state index is 11.8. The highest BCUT2D eigenvalue weighted by atomic mass is 35.7. The van der Waals surface area contributed by atoms with Gasteiger partial charge >= 0.3 is 0 Å². The third kappa shape index (κ3) is 2.66. The summed E-state index contributed by atoms with van der Waals surface area (Å²) in [7, 11) is 3.41. The summed E-state index contributed by atoms with van der Waals surface area (Å²) >= 11 is 0. The summed E-state index contributed by atoms with van der Waals surface area (Å²) in [5, 5.41) is 8.08. The van der Waals surface area contributed by atoms with Crippen LogP contribution in [-0.2, 0) is 16.1 Å². The molecule has 0 spiro atoms. The molecule has 0 aliphatic carbocycles. The van der Waals surface area contributed by atoms with Crippen LogP contribution in [-0.4, -0.2) is 23.2 Å². The van der Waals surface area contributed by atoms with Crippen molar-refractivity contribution in [1.82, 2.24) is 14.8 Å². The van der Waals surface area contributed by atoms with Crippen molar-refractivity contribution in [3.8, 4) is 23.0 Å². The summed E-state index contributed by atoms with van der Waals surface area (Å²) in [5.41, 5.74) is 2.34. The Morgan fingerprint density at radius 3 is 2.26 bits per heavy atom. The van der Waals surface area contributed by atoms with Gasteiger partial charge in [0.1, 0.15) is 10.6 Å². The van der Waals surface area contributed by atoms with Gasteiger partial charge in [-0.1, -0.05) is 18.2 Å². The molecule has 3 rings (SSSR count). The Kier molecular flexibility index (Phi) is 3.77. The van der Waals surface area contributed by atoms with E-state index in [2.05, 4.69) is 10.2 Å². The fourth-order valence-corrected chi connectivity index (χ4v) is 4.26. The highest BCUT2D eigenvalue weighted by Gasteiger charge is 2.27. The van der Waals surface area contributed by atoms with Crippen molar-refractivity contribution in [3.63, 3.8) is 0 Å². The molecule has 0 unspecified atom stereocenters. The molecule has 1 aromatic carbocycles. The number of nitrogens with zero attached hydrogens (tertiary/aromatic N) is 3. The van der Waals surface area contributed by atoms with Crippen LogP contribution in [0.3, 0.4) is 0 Å². The van der Waals surface area contributed by atoms with Gasteiger partial charge in [0.15, 0.2) is 0 Å². The molecule has 3 aromatic rings. The summed E-state index contributed by atoms with van der Waals surface area (Å²) in [6, 6.07) is 9.35. The van der Waals surface area contributed by atoms with Gasteiger partial charge in [0, 0.05) is 34.6 Å². The fraction of sp³-hybridized carbons (Fsp3) is 0.200. The smallest absolute Gasteiger partial charge is 0.264 e. The predicted octanol–water partition coefficient (Wildman–Crippen LogP) is 3.29. The van der Waals surface area contributed by atoms with Gasteiger partial charge in [0.25, 0.3) is 14.9 Å². The van der Waals surface area contributed by atoms with Gasteiger partial charge in [-0.25, -0.2) is 8.42 Å². The van der Waals surface area contributed by atoms with E-state index in [1.54, 1.807) is 25.5 Å². The largest absolute Gasteiger partial charge is 0.415 e. The van der Waals surface area contributed by atoms with Gasteiger partial charge in [0.2, 0.25) is 5.89 Å². The molecule has 8 heteroatoms. The van der Waals surface area contributed by atoms with E-state index in [4.69, 9.17) is 15.1 Å². The average molecular weight is 352 g/mol. The van der Waals surface area contributed by atoms with Crippen LogP contribution in [0.2, 0.25) is 0 Å². The zero-order valence-electron chi connectivity index (χ0n) is 12.7. The molecule has 23 heavy (non-hydrogen) atoms. The van der Waals surface area contributed by atoms with Crippen molar-refractivity contribution < 1.29 is 12.8 Å².